The average molecular weight is 209 g/mol. The molecular weight excluding hydrogens is 202 g/mol. The normalized spacial score (nSPS) is 13.4. The van der Waals surface area contributed by atoms with Crippen LogP contribution in [0.3, 0.4) is 0 Å². The summed E-state index contributed by atoms with van der Waals surface area (Å²) < 4.78 is 12.6. The highest BCUT2D eigenvalue weighted by Crippen LogP contribution is 2.23. The topological polar surface area (TPSA) is 20.2 Å². The molecule has 0 amide bonds. The van der Waals surface area contributed by atoms with Crippen molar-refractivity contribution in [1.29, 1.82) is 0 Å². The molecule has 1 unspecified atom stereocenters. The number of hydrogen-bond donors (Lipinski definition) is 1. The quantitative estimate of drug-likeness (QED) is 0.742. The molecule has 0 fully saturated rings. The van der Waals surface area contributed by atoms with Crippen LogP contribution in [0.4, 0.5) is 4.39 Å². The summed E-state index contributed by atoms with van der Waals surface area (Å²) in [6.07, 6.45) is -1.04. The molecule has 0 aliphatic carbocycles. The van der Waals surface area contributed by atoms with Gasteiger partial charge in [0.1, 0.15) is 16.8 Å². The minimum atomic E-state index is -1.04. The number of halogens is 3. The van der Waals surface area contributed by atoms with Gasteiger partial charge in [-0.25, -0.2) is 4.39 Å². The zero-order valence-electron chi connectivity index (χ0n) is 6.05. The number of aliphatic hydroxyl groups excluding tert-OH is 1. The first-order valence-electron chi connectivity index (χ1n) is 3.33. The third-order valence-electron chi connectivity index (χ3n) is 1.43. The van der Waals surface area contributed by atoms with Crippen molar-refractivity contribution in [3.63, 3.8) is 0 Å². The van der Waals surface area contributed by atoms with E-state index >= 15 is 0 Å². The molecule has 0 heterocycles. The molecule has 1 rings (SSSR count). The molecule has 0 radical (unpaired) electrons. The molecule has 1 nitrogen and oxygen atoms in total. The maximum absolute atomic E-state index is 12.6. The van der Waals surface area contributed by atoms with Crippen molar-refractivity contribution in [3.8, 4) is 0 Å². The SMILES string of the molecule is OC(c1cccc(F)c1)C(Cl)Cl. The van der Waals surface area contributed by atoms with Crippen LogP contribution in [0, 0.1) is 5.82 Å². The van der Waals surface area contributed by atoms with E-state index in [2.05, 4.69) is 0 Å². The monoisotopic (exact) mass is 208 g/mol. The highest BCUT2D eigenvalue weighted by Gasteiger charge is 2.15. The number of hydrogen-bond acceptors (Lipinski definition) is 1. The van der Waals surface area contributed by atoms with Crippen molar-refractivity contribution in [3.05, 3.63) is 35.6 Å². The van der Waals surface area contributed by atoms with E-state index in [4.69, 9.17) is 23.2 Å². The predicted molar refractivity (Wildman–Crippen MR) is 46.9 cm³/mol. The molecule has 1 N–H and O–H groups in total. The molecule has 0 saturated carbocycles. The van der Waals surface area contributed by atoms with E-state index in [1.54, 1.807) is 6.07 Å². The van der Waals surface area contributed by atoms with Crippen LogP contribution in [-0.4, -0.2) is 9.94 Å². The summed E-state index contributed by atoms with van der Waals surface area (Å²) in [6, 6.07) is 5.53. The van der Waals surface area contributed by atoms with Crippen molar-refractivity contribution in [1.82, 2.24) is 0 Å². The van der Waals surface area contributed by atoms with Gasteiger partial charge in [-0.05, 0) is 17.7 Å². The van der Waals surface area contributed by atoms with Crippen LogP contribution in [0.25, 0.3) is 0 Å². The Kier molecular flexibility index (Phi) is 3.32. The molecular formula is C8H7Cl2FO. The molecule has 0 aliphatic heterocycles. The fourth-order valence-electron chi connectivity index (χ4n) is 0.836. The molecule has 0 spiro atoms. The van der Waals surface area contributed by atoms with E-state index in [-0.39, 0.29) is 0 Å². The minimum Gasteiger partial charge on any atom is -0.386 e. The lowest BCUT2D eigenvalue weighted by molar-refractivity contribution is 0.192. The van der Waals surface area contributed by atoms with Gasteiger partial charge in [-0.3, -0.25) is 0 Å². The molecule has 1 aromatic carbocycles. The summed E-state index contributed by atoms with van der Waals surface area (Å²) in [5.74, 6) is -0.416. The summed E-state index contributed by atoms with van der Waals surface area (Å²) in [6.45, 7) is 0. The predicted octanol–water partition coefficient (Wildman–Crippen LogP) is 2.66. The van der Waals surface area contributed by atoms with E-state index in [1.165, 1.54) is 18.2 Å². The smallest absolute Gasteiger partial charge is 0.137 e. The first-order chi connectivity index (χ1) is 5.61. The lowest BCUT2D eigenvalue weighted by Gasteiger charge is -2.10. The Morgan fingerprint density at radius 3 is 2.50 bits per heavy atom. The number of benzene rings is 1. The highest BCUT2D eigenvalue weighted by atomic mass is 35.5. The molecule has 1 aromatic rings. The lowest BCUT2D eigenvalue weighted by Crippen LogP contribution is -2.05. The largest absolute Gasteiger partial charge is 0.386 e. The van der Waals surface area contributed by atoms with Gasteiger partial charge >= 0.3 is 0 Å². The molecule has 0 aromatic heterocycles. The molecule has 1 atom stereocenters. The van der Waals surface area contributed by atoms with E-state index in [1.807, 2.05) is 0 Å². The summed E-state index contributed by atoms with van der Waals surface area (Å²) in [4.78, 5) is -0.938. The minimum absolute atomic E-state index is 0.380. The van der Waals surface area contributed by atoms with Gasteiger partial charge in [0.15, 0.2) is 0 Å². The summed E-state index contributed by atoms with van der Waals surface area (Å²) in [7, 11) is 0. The Labute approximate surface area is 79.7 Å². The first kappa shape index (κ1) is 9.78. The summed E-state index contributed by atoms with van der Waals surface area (Å²) in [5, 5.41) is 9.29. The Bertz CT molecular complexity index is 265. The fourth-order valence-corrected chi connectivity index (χ4v) is 1.13. The van der Waals surface area contributed by atoms with E-state index in [0.717, 1.165) is 0 Å². The Balaban J connectivity index is 2.88. The Morgan fingerprint density at radius 1 is 1.33 bits per heavy atom. The first-order valence-corrected chi connectivity index (χ1v) is 4.20. The van der Waals surface area contributed by atoms with Gasteiger partial charge < -0.3 is 5.11 Å². The average Bonchev–Trinajstić information content (AvgIpc) is 2.03. The molecule has 0 bridgehead atoms. The van der Waals surface area contributed by atoms with Crippen molar-refractivity contribution >= 4 is 23.2 Å². The highest BCUT2D eigenvalue weighted by molar-refractivity contribution is 6.44. The van der Waals surface area contributed by atoms with E-state index < -0.39 is 16.8 Å². The fraction of sp³-hybridized carbons (Fsp3) is 0.250. The molecule has 66 valence electrons. The maximum Gasteiger partial charge on any atom is 0.137 e. The Hall–Kier alpha value is -0.310. The number of alkyl halides is 2. The van der Waals surface area contributed by atoms with Crippen LogP contribution in [-0.2, 0) is 0 Å². The number of rotatable bonds is 2. The van der Waals surface area contributed by atoms with Gasteiger partial charge in [-0.2, -0.15) is 0 Å². The second-order valence-corrected chi connectivity index (χ2v) is 3.50. The zero-order valence-corrected chi connectivity index (χ0v) is 7.56. The second kappa shape index (κ2) is 4.08. The molecule has 12 heavy (non-hydrogen) atoms. The van der Waals surface area contributed by atoms with E-state index in [0.29, 0.717) is 5.56 Å². The van der Waals surface area contributed by atoms with E-state index in [9.17, 15) is 9.50 Å². The lowest BCUT2D eigenvalue weighted by atomic mass is 10.1. The van der Waals surface area contributed by atoms with Gasteiger partial charge in [-0.1, -0.05) is 12.1 Å². The molecule has 0 saturated heterocycles. The van der Waals surface area contributed by atoms with Crippen LogP contribution in [0.15, 0.2) is 24.3 Å². The van der Waals surface area contributed by atoms with Gasteiger partial charge in [0.25, 0.3) is 0 Å². The standard InChI is InChI=1S/C8H7Cl2FO/c9-8(10)7(12)5-2-1-3-6(11)4-5/h1-4,7-8,12H. The zero-order chi connectivity index (χ0) is 9.14. The van der Waals surface area contributed by atoms with Crippen LogP contribution >= 0.6 is 23.2 Å². The van der Waals surface area contributed by atoms with Crippen molar-refractivity contribution < 1.29 is 9.50 Å². The van der Waals surface area contributed by atoms with Crippen molar-refractivity contribution in [2.24, 2.45) is 0 Å². The number of aliphatic hydroxyl groups is 1. The molecule has 4 heteroatoms. The van der Waals surface area contributed by atoms with Crippen molar-refractivity contribution in [2.45, 2.75) is 10.9 Å². The third-order valence-corrected chi connectivity index (χ3v) is 1.91. The van der Waals surface area contributed by atoms with Gasteiger partial charge in [0.05, 0.1) is 0 Å². The van der Waals surface area contributed by atoms with Crippen LogP contribution < -0.4 is 0 Å². The van der Waals surface area contributed by atoms with Crippen molar-refractivity contribution in [2.75, 3.05) is 0 Å². The van der Waals surface area contributed by atoms with Crippen LogP contribution in [0.5, 0.6) is 0 Å². The maximum atomic E-state index is 12.6. The molecule has 0 aliphatic rings. The third kappa shape index (κ3) is 2.34. The summed E-state index contributed by atoms with van der Waals surface area (Å²) in [5.41, 5.74) is 0.380. The summed E-state index contributed by atoms with van der Waals surface area (Å²) >= 11 is 10.8. The Morgan fingerprint density at radius 2 is 2.00 bits per heavy atom. The van der Waals surface area contributed by atoms with Gasteiger partial charge in [-0.15, -0.1) is 23.2 Å². The van der Waals surface area contributed by atoms with Gasteiger partial charge in [0, 0.05) is 0 Å². The van der Waals surface area contributed by atoms with Gasteiger partial charge in [0.2, 0.25) is 0 Å². The second-order valence-electron chi connectivity index (χ2n) is 2.33. The van der Waals surface area contributed by atoms with Crippen LogP contribution in [0.1, 0.15) is 11.7 Å². The van der Waals surface area contributed by atoms with Crippen LogP contribution in [0.2, 0.25) is 0 Å².